The lowest BCUT2D eigenvalue weighted by Crippen LogP contribution is -1.93. The maximum absolute atomic E-state index is 11.0. The molecular formula is C7H8N2OS. The fourth-order valence-corrected chi connectivity index (χ4v) is 1.35. The molecule has 0 bridgehead atoms. The molecule has 11 heavy (non-hydrogen) atoms. The van der Waals surface area contributed by atoms with E-state index in [0.29, 0.717) is 11.4 Å². The zero-order chi connectivity index (χ0) is 8.27. The highest BCUT2D eigenvalue weighted by Gasteiger charge is 2.04. The van der Waals surface area contributed by atoms with E-state index in [2.05, 4.69) is 11.6 Å². The zero-order valence-corrected chi connectivity index (χ0v) is 6.73. The van der Waals surface area contributed by atoms with Crippen LogP contribution in [0.4, 0.5) is 0 Å². The van der Waals surface area contributed by atoms with Crippen LogP contribution in [0.2, 0.25) is 0 Å². The zero-order valence-electron chi connectivity index (χ0n) is 5.91. The third-order valence-electron chi connectivity index (χ3n) is 1.16. The van der Waals surface area contributed by atoms with E-state index in [1.165, 1.54) is 23.6 Å². The number of carbonyl (C=O) groups excluding carboxylic acids is 1. The standard InChI is InChI=1S/C7H8N2OS/c1-2-5(10)6-4-9-7(3-8)11-6/h2,4H,1,3,8H2. The number of hydrogen-bond donors (Lipinski definition) is 1. The first-order chi connectivity index (χ1) is 5.27. The Hall–Kier alpha value is -1.00. The Labute approximate surface area is 68.6 Å². The molecule has 0 aliphatic carbocycles. The fraction of sp³-hybridized carbons (Fsp3) is 0.143. The molecule has 0 aliphatic heterocycles. The van der Waals surface area contributed by atoms with Crippen LogP contribution in [0.25, 0.3) is 0 Å². The molecule has 1 heterocycles. The third-order valence-corrected chi connectivity index (χ3v) is 2.19. The number of hydrogen-bond acceptors (Lipinski definition) is 4. The van der Waals surface area contributed by atoms with E-state index >= 15 is 0 Å². The molecule has 1 aromatic heterocycles. The van der Waals surface area contributed by atoms with Crippen LogP contribution in [-0.4, -0.2) is 10.8 Å². The highest BCUT2D eigenvalue weighted by Crippen LogP contribution is 2.12. The van der Waals surface area contributed by atoms with Crippen LogP contribution in [0, 0.1) is 0 Å². The highest BCUT2D eigenvalue weighted by atomic mass is 32.1. The van der Waals surface area contributed by atoms with Crippen LogP contribution in [0.1, 0.15) is 14.7 Å². The summed E-state index contributed by atoms with van der Waals surface area (Å²) in [6.07, 6.45) is 2.80. The SMILES string of the molecule is C=CC(=O)c1cnc(CN)s1. The summed E-state index contributed by atoms with van der Waals surface area (Å²) in [5, 5.41) is 0.773. The quantitative estimate of drug-likeness (QED) is 0.540. The molecule has 0 unspecified atom stereocenters. The van der Waals surface area contributed by atoms with E-state index in [4.69, 9.17) is 5.73 Å². The second-order valence-electron chi connectivity index (χ2n) is 1.89. The predicted octanol–water partition coefficient (Wildman–Crippen LogP) is 0.970. The van der Waals surface area contributed by atoms with Gasteiger partial charge < -0.3 is 5.73 Å². The van der Waals surface area contributed by atoms with Crippen LogP contribution in [0.15, 0.2) is 18.9 Å². The number of nitrogens with zero attached hydrogens (tertiary/aromatic N) is 1. The molecule has 0 atom stereocenters. The summed E-state index contributed by atoms with van der Waals surface area (Å²) < 4.78 is 0. The predicted molar refractivity (Wildman–Crippen MR) is 44.5 cm³/mol. The van der Waals surface area contributed by atoms with Crippen molar-refractivity contribution in [2.75, 3.05) is 0 Å². The van der Waals surface area contributed by atoms with Crippen molar-refractivity contribution in [3.05, 3.63) is 28.7 Å². The van der Waals surface area contributed by atoms with E-state index < -0.39 is 0 Å². The lowest BCUT2D eigenvalue weighted by Gasteiger charge is -1.83. The van der Waals surface area contributed by atoms with E-state index in [9.17, 15) is 4.79 Å². The summed E-state index contributed by atoms with van der Waals surface area (Å²) in [4.78, 5) is 15.5. The van der Waals surface area contributed by atoms with Gasteiger partial charge in [-0.15, -0.1) is 11.3 Å². The van der Waals surface area contributed by atoms with Gasteiger partial charge in [0.25, 0.3) is 0 Å². The molecule has 0 spiro atoms. The molecule has 4 heteroatoms. The summed E-state index contributed by atoms with van der Waals surface area (Å²) in [6.45, 7) is 3.75. The minimum absolute atomic E-state index is 0.0952. The van der Waals surface area contributed by atoms with Gasteiger partial charge >= 0.3 is 0 Å². The van der Waals surface area contributed by atoms with Crippen LogP contribution in [0.3, 0.4) is 0 Å². The lowest BCUT2D eigenvalue weighted by atomic mass is 10.3. The van der Waals surface area contributed by atoms with Crippen LogP contribution < -0.4 is 5.73 Å². The molecule has 1 aromatic rings. The molecule has 0 radical (unpaired) electrons. The largest absolute Gasteiger partial charge is 0.325 e. The van der Waals surface area contributed by atoms with Crippen molar-refractivity contribution in [3.63, 3.8) is 0 Å². The maximum Gasteiger partial charge on any atom is 0.196 e. The summed E-state index contributed by atoms with van der Waals surface area (Å²) in [5.41, 5.74) is 5.32. The van der Waals surface area contributed by atoms with Gasteiger partial charge in [-0.2, -0.15) is 0 Å². The minimum atomic E-state index is -0.0952. The Balaban J connectivity index is 2.88. The summed E-state index contributed by atoms with van der Waals surface area (Å²) in [7, 11) is 0. The minimum Gasteiger partial charge on any atom is -0.325 e. The Morgan fingerprint density at radius 3 is 3.09 bits per heavy atom. The van der Waals surface area contributed by atoms with Crippen molar-refractivity contribution in [2.45, 2.75) is 6.54 Å². The second kappa shape index (κ2) is 3.41. The Kier molecular flexibility index (Phi) is 2.51. The first-order valence-electron chi connectivity index (χ1n) is 3.09. The molecular weight excluding hydrogens is 160 g/mol. The van der Waals surface area contributed by atoms with Crippen LogP contribution in [-0.2, 0) is 6.54 Å². The summed E-state index contributed by atoms with van der Waals surface area (Å²) in [5.74, 6) is -0.0952. The number of thiazole rings is 1. The smallest absolute Gasteiger partial charge is 0.196 e. The average Bonchev–Trinajstić information content (AvgIpc) is 2.50. The number of rotatable bonds is 3. The van der Waals surface area contributed by atoms with Gasteiger partial charge in [-0.05, 0) is 6.08 Å². The van der Waals surface area contributed by atoms with Crippen molar-refractivity contribution in [1.82, 2.24) is 4.98 Å². The monoisotopic (exact) mass is 168 g/mol. The van der Waals surface area contributed by atoms with Crippen molar-refractivity contribution in [2.24, 2.45) is 5.73 Å². The summed E-state index contributed by atoms with van der Waals surface area (Å²) >= 11 is 1.31. The molecule has 3 nitrogen and oxygen atoms in total. The van der Waals surface area contributed by atoms with E-state index in [0.717, 1.165) is 5.01 Å². The van der Waals surface area contributed by atoms with Gasteiger partial charge in [0.1, 0.15) is 5.01 Å². The normalized spacial score (nSPS) is 9.55. The molecule has 0 amide bonds. The lowest BCUT2D eigenvalue weighted by molar-refractivity contribution is 0.105. The second-order valence-corrected chi connectivity index (χ2v) is 3.01. The fourth-order valence-electron chi connectivity index (χ4n) is 0.619. The van der Waals surface area contributed by atoms with E-state index in [-0.39, 0.29) is 5.78 Å². The Bertz CT molecular complexity index is 280. The molecule has 0 aromatic carbocycles. The third kappa shape index (κ3) is 1.72. The van der Waals surface area contributed by atoms with Crippen LogP contribution >= 0.6 is 11.3 Å². The Morgan fingerprint density at radius 2 is 2.64 bits per heavy atom. The van der Waals surface area contributed by atoms with Gasteiger partial charge in [-0.3, -0.25) is 4.79 Å². The number of allylic oxidation sites excluding steroid dienone is 1. The van der Waals surface area contributed by atoms with Crippen molar-refractivity contribution >= 4 is 17.1 Å². The number of ketones is 1. The maximum atomic E-state index is 11.0. The van der Waals surface area contributed by atoms with Crippen molar-refractivity contribution in [3.8, 4) is 0 Å². The topological polar surface area (TPSA) is 56.0 Å². The van der Waals surface area contributed by atoms with Gasteiger partial charge in [0, 0.05) is 12.7 Å². The van der Waals surface area contributed by atoms with Gasteiger partial charge in [0.2, 0.25) is 0 Å². The highest BCUT2D eigenvalue weighted by molar-refractivity contribution is 7.13. The van der Waals surface area contributed by atoms with Gasteiger partial charge in [0.05, 0.1) is 4.88 Å². The number of aromatic nitrogens is 1. The number of carbonyl (C=O) groups is 1. The molecule has 58 valence electrons. The Morgan fingerprint density at radius 1 is 1.91 bits per heavy atom. The van der Waals surface area contributed by atoms with Crippen molar-refractivity contribution < 1.29 is 4.79 Å². The van der Waals surface area contributed by atoms with Gasteiger partial charge in [-0.1, -0.05) is 6.58 Å². The van der Waals surface area contributed by atoms with Crippen molar-refractivity contribution in [1.29, 1.82) is 0 Å². The van der Waals surface area contributed by atoms with Gasteiger partial charge in [-0.25, -0.2) is 4.98 Å². The number of nitrogens with two attached hydrogens (primary N) is 1. The van der Waals surface area contributed by atoms with E-state index in [1.54, 1.807) is 0 Å². The molecule has 2 N–H and O–H groups in total. The average molecular weight is 168 g/mol. The molecule has 1 rings (SSSR count). The van der Waals surface area contributed by atoms with Gasteiger partial charge in [0.15, 0.2) is 5.78 Å². The van der Waals surface area contributed by atoms with Crippen LogP contribution in [0.5, 0.6) is 0 Å². The molecule has 0 saturated carbocycles. The first-order valence-corrected chi connectivity index (χ1v) is 3.91. The van der Waals surface area contributed by atoms with E-state index in [1.807, 2.05) is 0 Å². The molecule has 0 aliphatic rings. The first kappa shape index (κ1) is 8.10. The molecule has 0 saturated heterocycles. The molecule has 0 fully saturated rings. The summed E-state index contributed by atoms with van der Waals surface area (Å²) in [6, 6.07) is 0.